The Hall–Kier alpha value is -3.14. The molecule has 0 aliphatic carbocycles. The van der Waals surface area contributed by atoms with E-state index in [-0.39, 0.29) is 36.2 Å². The lowest BCUT2D eigenvalue weighted by atomic mass is 9.90. The number of hydrogen-bond donors (Lipinski definition) is 4. The SMILES string of the molecule is CC.COc1ccc(CCNC(=O)C2CCC3CCC(CCNC(C)=O)C(NC(=O)CN)C(=O)N32)cc1. The summed E-state index contributed by atoms with van der Waals surface area (Å²) in [6.07, 6.45) is 4.03. The predicted octanol–water partition coefficient (Wildman–Crippen LogP) is 1.12. The summed E-state index contributed by atoms with van der Waals surface area (Å²) in [7, 11) is 1.62. The van der Waals surface area contributed by atoms with Gasteiger partial charge in [0.05, 0.1) is 13.7 Å². The Bertz CT molecular complexity index is 907. The van der Waals surface area contributed by atoms with Crippen LogP contribution >= 0.6 is 0 Å². The average molecular weight is 518 g/mol. The Labute approximate surface area is 220 Å². The predicted molar refractivity (Wildman–Crippen MR) is 142 cm³/mol. The van der Waals surface area contributed by atoms with Gasteiger partial charge < -0.3 is 31.3 Å². The average Bonchev–Trinajstić information content (AvgIpc) is 3.29. The smallest absolute Gasteiger partial charge is 0.246 e. The van der Waals surface area contributed by atoms with Gasteiger partial charge >= 0.3 is 0 Å². The van der Waals surface area contributed by atoms with Crippen molar-refractivity contribution in [2.75, 3.05) is 26.7 Å². The molecule has 0 bridgehead atoms. The van der Waals surface area contributed by atoms with Gasteiger partial charge in [-0.3, -0.25) is 19.2 Å². The number of ether oxygens (including phenoxy) is 1. The van der Waals surface area contributed by atoms with E-state index in [1.54, 1.807) is 12.0 Å². The summed E-state index contributed by atoms with van der Waals surface area (Å²) in [5, 5.41) is 8.53. The lowest BCUT2D eigenvalue weighted by molar-refractivity contribution is -0.143. The van der Waals surface area contributed by atoms with Gasteiger partial charge in [0, 0.05) is 26.1 Å². The number of fused-ring (bicyclic) bond motifs is 1. The maximum Gasteiger partial charge on any atom is 0.246 e. The molecule has 4 atom stereocenters. The van der Waals surface area contributed by atoms with Crippen molar-refractivity contribution < 1.29 is 23.9 Å². The second-order valence-corrected chi connectivity index (χ2v) is 9.24. The Morgan fingerprint density at radius 3 is 2.32 bits per heavy atom. The van der Waals surface area contributed by atoms with Crippen molar-refractivity contribution in [3.05, 3.63) is 29.8 Å². The topological polar surface area (TPSA) is 143 Å². The largest absolute Gasteiger partial charge is 0.497 e. The van der Waals surface area contributed by atoms with Gasteiger partial charge in [0.2, 0.25) is 23.6 Å². The number of nitrogens with zero attached hydrogens (tertiary/aromatic N) is 1. The summed E-state index contributed by atoms with van der Waals surface area (Å²) in [5.74, 6) is -0.328. The summed E-state index contributed by atoms with van der Waals surface area (Å²) in [4.78, 5) is 51.8. The Morgan fingerprint density at radius 2 is 1.70 bits per heavy atom. The van der Waals surface area contributed by atoms with Crippen LogP contribution in [-0.4, -0.2) is 73.4 Å². The molecule has 10 heteroatoms. The highest BCUT2D eigenvalue weighted by Gasteiger charge is 2.47. The zero-order valence-electron chi connectivity index (χ0n) is 22.5. The van der Waals surface area contributed by atoms with Gasteiger partial charge in [0.1, 0.15) is 17.8 Å². The number of amides is 4. The molecule has 206 valence electrons. The van der Waals surface area contributed by atoms with Crippen molar-refractivity contribution in [2.45, 2.75) is 77.4 Å². The molecule has 3 rings (SSSR count). The molecule has 1 aromatic rings. The Morgan fingerprint density at radius 1 is 1.03 bits per heavy atom. The zero-order chi connectivity index (χ0) is 27.4. The lowest BCUT2D eigenvalue weighted by Gasteiger charge is -2.32. The molecular weight excluding hydrogens is 474 g/mol. The monoisotopic (exact) mass is 517 g/mol. The van der Waals surface area contributed by atoms with Gasteiger partial charge in [-0.25, -0.2) is 0 Å². The zero-order valence-corrected chi connectivity index (χ0v) is 22.5. The van der Waals surface area contributed by atoms with Gasteiger partial charge in [-0.15, -0.1) is 0 Å². The molecule has 0 saturated carbocycles. The van der Waals surface area contributed by atoms with Crippen LogP contribution in [0.25, 0.3) is 0 Å². The number of rotatable bonds is 10. The third kappa shape index (κ3) is 8.45. The minimum Gasteiger partial charge on any atom is -0.497 e. The summed E-state index contributed by atoms with van der Waals surface area (Å²) in [6.45, 7) is 6.10. The highest BCUT2D eigenvalue weighted by molar-refractivity contribution is 5.93. The second-order valence-electron chi connectivity index (χ2n) is 9.24. The van der Waals surface area contributed by atoms with E-state index in [4.69, 9.17) is 10.5 Å². The third-order valence-electron chi connectivity index (χ3n) is 6.93. The van der Waals surface area contributed by atoms with Crippen molar-refractivity contribution in [3.63, 3.8) is 0 Å². The van der Waals surface area contributed by atoms with Gasteiger partial charge in [-0.2, -0.15) is 0 Å². The normalized spacial score (nSPS) is 22.6. The van der Waals surface area contributed by atoms with Crippen LogP contribution in [0.1, 0.15) is 58.4 Å². The standard InChI is InChI=1S/C25H37N5O5.C2H6/c1-16(31)27-14-12-18-5-6-19-7-10-21(30(19)25(34)23(18)29-22(32)15-26)24(33)28-13-11-17-3-8-20(35-2)9-4-17;1-2/h3-4,8-9,18-19,21,23H,5-7,10-15,26H2,1-2H3,(H,27,31)(H,28,33)(H,29,32);1-2H3. The number of nitrogens with one attached hydrogen (secondary N) is 3. The van der Waals surface area contributed by atoms with E-state index >= 15 is 0 Å². The molecule has 37 heavy (non-hydrogen) atoms. The molecule has 2 aliphatic rings. The third-order valence-corrected chi connectivity index (χ3v) is 6.93. The number of nitrogens with two attached hydrogens (primary N) is 1. The van der Waals surface area contributed by atoms with Gasteiger partial charge in [0.15, 0.2) is 0 Å². The quantitative estimate of drug-likeness (QED) is 0.366. The molecule has 5 N–H and O–H groups in total. The molecule has 2 heterocycles. The molecule has 4 amide bonds. The van der Waals surface area contributed by atoms with E-state index in [0.29, 0.717) is 38.8 Å². The first-order chi connectivity index (χ1) is 17.8. The molecule has 1 aromatic carbocycles. The van der Waals surface area contributed by atoms with Gasteiger partial charge in [-0.05, 0) is 62.1 Å². The van der Waals surface area contributed by atoms with Crippen LogP contribution in [0.15, 0.2) is 24.3 Å². The van der Waals surface area contributed by atoms with Crippen molar-refractivity contribution >= 4 is 23.6 Å². The van der Waals surface area contributed by atoms with E-state index in [0.717, 1.165) is 24.2 Å². The maximum atomic E-state index is 13.6. The molecule has 4 unspecified atom stereocenters. The first-order valence-electron chi connectivity index (χ1n) is 13.3. The Balaban J connectivity index is 0.00000235. The van der Waals surface area contributed by atoms with E-state index in [1.807, 2.05) is 38.1 Å². The lowest BCUT2D eigenvalue weighted by Crippen LogP contribution is -2.57. The highest BCUT2D eigenvalue weighted by atomic mass is 16.5. The summed E-state index contributed by atoms with van der Waals surface area (Å²) >= 11 is 0. The molecule has 10 nitrogen and oxygen atoms in total. The molecule has 2 fully saturated rings. The molecule has 0 radical (unpaired) electrons. The van der Waals surface area contributed by atoms with Crippen LogP contribution in [0.3, 0.4) is 0 Å². The van der Waals surface area contributed by atoms with Crippen molar-refractivity contribution in [1.29, 1.82) is 0 Å². The summed E-state index contributed by atoms with van der Waals surface area (Å²) in [5.41, 5.74) is 6.57. The fraction of sp³-hybridized carbons (Fsp3) is 0.630. The van der Waals surface area contributed by atoms with Gasteiger partial charge in [0.25, 0.3) is 0 Å². The van der Waals surface area contributed by atoms with Crippen LogP contribution in [0.4, 0.5) is 0 Å². The molecule has 2 saturated heterocycles. The van der Waals surface area contributed by atoms with E-state index < -0.39 is 18.0 Å². The number of carbonyl (C=O) groups excluding carboxylic acids is 4. The fourth-order valence-electron chi connectivity index (χ4n) is 5.09. The van der Waals surface area contributed by atoms with Gasteiger partial charge in [-0.1, -0.05) is 26.0 Å². The van der Waals surface area contributed by atoms with Crippen molar-refractivity contribution in [3.8, 4) is 5.75 Å². The van der Waals surface area contributed by atoms with Crippen LogP contribution < -0.4 is 26.4 Å². The van der Waals surface area contributed by atoms with Crippen LogP contribution in [0.2, 0.25) is 0 Å². The van der Waals surface area contributed by atoms with Crippen molar-refractivity contribution in [1.82, 2.24) is 20.9 Å². The molecular formula is C27H43N5O5. The van der Waals surface area contributed by atoms with Crippen LogP contribution in [0, 0.1) is 5.92 Å². The van der Waals surface area contributed by atoms with E-state index in [2.05, 4.69) is 16.0 Å². The number of carbonyl (C=O) groups is 4. The van der Waals surface area contributed by atoms with Crippen LogP contribution in [-0.2, 0) is 25.6 Å². The minimum absolute atomic E-state index is 0.0390. The summed E-state index contributed by atoms with van der Waals surface area (Å²) in [6, 6.07) is 6.32. The highest BCUT2D eigenvalue weighted by Crippen LogP contribution is 2.35. The molecule has 2 aliphatic heterocycles. The number of methoxy groups -OCH3 is 1. The maximum absolute atomic E-state index is 13.6. The minimum atomic E-state index is -0.766. The first kappa shape index (κ1) is 30.1. The molecule has 0 aromatic heterocycles. The van der Waals surface area contributed by atoms with E-state index in [9.17, 15) is 19.2 Å². The van der Waals surface area contributed by atoms with Crippen LogP contribution in [0.5, 0.6) is 5.75 Å². The summed E-state index contributed by atoms with van der Waals surface area (Å²) < 4.78 is 5.17. The number of hydrogen-bond acceptors (Lipinski definition) is 6. The molecule has 0 spiro atoms. The first-order valence-corrected chi connectivity index (χ1v) is 13.3. The Kier molecular flexibility index (Phi) is 12.4. The van der Waals surface area contributed by atoms with E-state index in [1.165, 1.54) is 6.92 Å². The van der Waals surface area contributed by atoms with Crippen molar-refractivity contribution in [2.24, 2.45) is 11.7 Å². The second kappa shape index (κ2) is 15.2. The fourth-order valence-corrected chi connectivity index (χ4v) is 5.09. The number of benzene rings is 1.